The molecular weight excluding hydrogens is 396 g/mol. The summed E-state index contributed by atoms with van der Waals surface area (Å²) in [6.45, 7) is 1.50. The van der Waals surface area contributed by atoms with Gasteiger partial charge in [-0.2, -0.15) is 0 Å². The molecule has 3 amide bonds. The Labute approximate surface area is 179 Å². The molecule has 0 radical (unpaired) electrons. The molecule has 8 heteroatoms. The summed E-state index contributed by atoms with van der Waals surface area (Å²) in [6, 6.07) is 17.7. The van der Waals surface area contributed by atoms with E-state index in [0.717, 1.165) is 5.56 Å². The second kappa shape index (κ2) is 9.17. The number of anilines is 1. The van der Waals surface area contributed by atoms with Gasteiger partial charge in [-0.1, -0.05) is 18.2 Å². The fourth-order valence-corrected chi connectivity index (χ4v) is 3.18. The van der Waals surface area contributed by atoms with Crippen molar-refractivity contribution in [2.45, 2.75) is 6.54 Å². The molecule has 0 bridgehead atoms. The lowest BCUT2D eigenvalue weighted by Crippen LogP contribution is -2.28. The summed E-state index contributed by atoms with van der Waals surface area (Å²) in [5, 5.41) is 5.62. The molecule has 31 heavy (non-hydrogen) atoms. The highest BCUT2D eigenvalue weighted by atomic mass is 16.5. The van der Waals surface area contributed by atoms with Gasteiger partial charge in [0, 0.05) is 49.2 Å². The van der Waals surface area contributed by atoms with Crippen LogP contribution in [-0.2, 0) is 6.54 Å². The molecule has 0 saturated carbocycles. The first-order valence-electron chi connectivity index (χ1n) is 9.83. The standard InChI is InChI=1S/C23H22N4O4/c1-30-19-6-3-7-20(13-19)31-21-9-8-16(14-25-21)15-26-22(28)17-4-2-5-18(12-17)27-11-10-24-23(27)29/h2-9,12-14H,10-11,15H2,1H3,(H,24,29)(H,26,28). The summed E-state index contributed by atoms with van der Waals surface area (Å²) in [5.41, 5.74) is 2.02. The Morgan fingerprint density at radius 2 is 1.97 bits per heavy atom. The van der Waals surface area contributed by atoms with Crippen LogP contribution >= 0.6 is 0 Å². The number of aromatic nitrogens is 1. The number of pyridine rings is 1. The van der Waals surface area contributed by atoms with Crippen LogP contribution in [0, 0.1) is 0 Å². The number of rotatable bonds is 7. The lowest BCUT2D eigenvalue weighted by molar-refractivity contribution is 0.0951. The lowest BCUT2D eigenvalue weighted by Gasteiger charge is -2.15. The van der Waals surface area contributed by atoms with Gasteiger partial charge in [-0.15, -0.1) is 0 Å². The molecule has 0 spiro atoms. The number of hydrogen-bond donors (Lipinski definition) is 2. The Bertz CT molecular complexity index is 1080. The largest absolute Gasteiger partial charge is 0.497 e. The van der Waals surface area contributed by atoms with E-state index in [1.54, 1.807) is 48.5 Å². The van der Waals surface area contributed by atoms with Gasteiger partial charge in [0.2, 0.25) is 5.88 Å². The zero-order chi connectivity index (χ0) is 21.6. The number of methoxy groups -OCH3 is 1. The molecule has 1 fully saturated rings. The Balaban J connectivity index is 1.35. The molecule has 2 N–H and O–H groups in total. The maximum absolute atomic E-state index is 12.5. The summed E-state index contributed by atoms with van der Waals surface area (Å²) >= 11 is 0. The molecule has 3 aromatic rings. The third-order valence-corrected chi connectivity index (χ3v) is 4.79. The molecular formula is C23H22N4O4. The van der Waals surface area contributed by atoms with E-state index >= 15 is 0 Å². The van der Waals surface area contributed by atoms with Crippen molar-refractivity contribution in [3.05, 3.63) is 78.0 Å². The molecule has 0 aliphatic carbocycles. The van der Waals surface area contributed by atoms with Gasteiger partial charge in [-0.05, 0) is 35.9 Å². The zero-order valence-corrected chi connectivity index (χ0v) is 17.0. The lowest BCUT2D eigenvalue weighted by atomic mass is 10.1. The SMILES string of the molecule is COc1cccc(Oc2ccc(CNC(=O)c3cccc(N4CCNC4=O)c3)cn2)c1. The molecule has 2 heterocycles. The highest BCUT2D eigenvalue weighted by Crippen LogP contribution is 2.24. The maximum atomic E-state index is 12.5. The normalized spacial score (nSPS) is 12.9. The summed E-state index contributed by atoms with van der Waals surface area (Å²) in [4.78, 5) is 30.3. The number of carbonyl (C=O) groups excluding carboxylic acids is 2. The minimum atomic E-state index is -0.224. The minimum absolute atomic E-state index is 0.153. The van der Waals surface area contributed by atoms with Crippen molar-refractivity contribution in [1.29, 1.82) is 0 Å². The molecule has 1 saturated heterocycles. The highest BCUT2D eigenvalue weighted by molar-refractivity contribution is 5.98. The van der Waals surface area contributed by atoms with Crippen molar-refractivity contribution < 1.29 is 19.1 Å². The molecule has 1 aliphatic heterocycles. The van der Waals surface area contributed by atoms with Gasteiger partial charge in [0.15, 0.2) is 0 Å². The van der Waals surface area contributed by atoms with Crippen molar-refractivity contribution in [3.8, 4) is 17.4 Å². The first-order valence-corrected chi connectivity index (χ1v) is 9.83. The molecule has 0 atom stereocenters. The van der Waals surface area contributed by atoms with Crippen LogP contribution in [0.25, 0.3) is 0 Å². The van der Waals surface area contributed by atoms with Crippen molar-refractivity contribution in [3.63, 3.8) is 0 Å². The zero-order valence-electron chi connectivity index (χ0n) is 17.0. The molecule has 4 rings (SSSR count). The van der Waals surface area contributed by atoms with E-state index in [0.29, 0.717) is 48.3 Å². The second-order valence-corrected chi connectivity index (χ2v) is 6.90. The Morgan fingerprint density at radius 1 is 1.13 bits per heavy atom. The number of amides is 3. The van der Waals surface area contributed by atoms with E-state index in [1.807, 2.05) is 30.3 Å². The van der Waals surface area contributed by atoms with Crippen LogP contribution in [0.2, 0.25) is 0 Å². The van der Waals surface area contributed by atoms with Gasteiger partial charge in [0.25, 0.3) is 5.91 Å². The van der Waals surface area contributed by atoms with E-state index < -0.39 is 0 Å². The van der Waals surface area contributed by atoms with Crippen LogP contribution in [0.3, 0.4) is 0 Å². The van der Waals surface area contributed by atoms with Crippen LogP contribution < -0.4 is 25.0 Å². The summed E-state index contributed by atoms with van der Waals surface area (Å²) < 4.78 is 10.9. The molecule has 1 aliphatic rings. The van der Waals surface area contributed by atoms with Crippen LogP contribution in [0.5, 0.6) is 17.4 Å². The smallest absolute Gasteiger partial charge is 0.321 e. The Hall–Kier alpha value is -4.07. The fourth-order valence-electron chi connectivity index (χ4n) is 3.18. The van der Waals surface area contributed by atoms with Crippen molar-refractivity contribution in [1.82, 2.24) is 15.6 Å². The Morgan fingerprint density at radius 3 is 2.71 bits per heavy atom. The summed E-state index contributed by atoms with van der Waals surface area (Å²) in [7, 11) is 1.60. The minimum Gasteiger partial charge on any atom is -0.497 e. The van der Waals surface area contributed by atoms with E-state index in [9.17, 15) is 9.59 Å². The first kappa shape index (κ1) is 20.2. The number of nitrogens with zero attached hydrogens (tertiary/aromatic N) is 2. The monoisotopic (exact) mass is 418 g/mol. The van der Waals surface area contributed by atoms with Gasteiger partial charge in [0.05, 0.1) is 7.11 Å². The summed E-state index contributed by atoms with van der Waals surface area (Å²) in [5.74, 6) is 1.55. The quantitative estimate of drug-likeness (QED) is 0.614. The molecule has 2 aromatic carbocycles. The molecule has 0 unspecified atom stereocenters. The third-order valence-electron chi connectivity index (χ3n) is 4.79. The van der Waals surface area contributed by atoms with E-state index in [-0.39, 0.29) is 11.9 Å². The first-order chi connectivity index (χ1) is 15.1. The summed E-state index contributed by atoms with van der Waals surface area (Å²) in [6.07, 6.45) is 1.65. The predicted molar refractivity (Wildman–Crippen MR) is 116 cm³/mol. The van der Waals surface area contributed by atoms with E-state index in [2.05, 4.69) is 15.6 Å². The number of hydrogen-bond acceptors (Lipinski definition) is 5. The fraction of sp³-hybridized carbons (Fsp3) is 0.174. The predicted octanol–water partition coefficient (Wildman–Crippen LogP) is 3.34. The second-order valence-electron chi connectivity index (χ2n) is 6.90. The average molecular weight is 418 g/mol. The van der Waals surface area contributed by atoms with Crippen LogP contribution in [0.1, 0.15) is 15.9 Å². The average Bonchev–Trinajstić information content (AvgIpc) is 3.24. The third kappa shape index (κ3) is 4.92. The van der Waals surface area contributed by atoms with Crippen LogP contribution in [0.4, 0.5) is 10.5 Å². The van der Waals surface area contributed by atoms with E-state index in [4.69, 9.17) is 9.47 Å². The van der Waals surface area contributed by atoms with Crippen molar-refractivity contribution >= 4 is 17.6 Å². The van der Waals surface area contributed by atoms with Gasteiger partial charge < -0.3 is 20.1 Å². The van der Waals surface area contributed by atoms with Gasteiger partial charge in [0.1, 0.15) is 11.5 Å². The number of nitrogens with one attached hydrogen (secondary N) is 2. The van der Waals surface area contributed by atoms with Gasteiger partial charge >= 0.3 is 6.03 Å². The van der Waals surface area contributed by atoms with E-state index in [1.165, 1.54) is 0 Å². The van der Waals surface area contributed by atoms with Crippen molar-refractivity contribution in [2.24, 2.45) is 0 Å². The Kier molecular flexibility index (Phi) is 5.98. The number of ether oxygens (including phenoxy) is 2. The topological polar surface area (TPSA) is 92.8 Å². The van der Waals surface area contributed by atoms with Crippen LogP contribution in [0.15, 0.2) is 66.9 Å². The van der Waals surface area contributed by atoms with Crippen LogP contribution in [-0.4, -0.2) is 37.1 Å². The molecule has 8 nitrogen and oxygen atoms in total. The van der Waals surface area contributed by atoms with Gasteiger partial charge in [-0.3, -0.25) is 9.69 Å². The van der Waals surface area contributed by atoms with Crippen molar-refractivity contribution in [2.75, 3.05) is 25.1 Å². The molecule has 1 aromatic heterocycles. The van der Waals surface area contributed by atoms with Gasteiger partial charge in [-0.25, -0.2) is 9.78 Å². The molecule has 158 valence electrons. The highest BCUT2D eigenvalue weighted by Gasteiger charge is 2.21. The number of urea groups is 1. The number of benzene rings is 2. The number of carbonyl (C=O) groups is 2. The maximum Gasteiger partial charge on any atom is 0.321 e.